The van der Waals surface area contributed by atoms with Crippen LogP contribution in [-0.2, 0) is 9.53 Å². The van der Waals surface area contributed by atoms with Gasteiger partial charge in [0.05, 0.1) is 6.61 Å². The molecule has 2 aromatic carbocycles. The van der Waals surface area contributed by atoms with Crippen LogP contribution >= 0.6 is 34.5 Å². The monoisotopic (exact) mass is 463 g/mol. The maximum atomic E-state index is 12.7. The van der Waals surface area contributed by atoms with Gasteiger partial charge in [0.15, 0.2) is 6.61 Å². The van der Waals surface area contributed by atoms with Gasteiger partial charge in [0.1, 0.15) is 16.3 Å². The fraction of sp³-hybridized carbons (Fsp3) is 0.182. The Labute approximate surface area is 188 Å². The van der Waals surface area contributed by atoms with Gasteiger partial charge in [0.25, 0.3) is 5.91 Å². The third kappa shape index (κ3) is 5.33. The molecule has 3 rings (SSSR count). The fourth-order valence-electron chi connectivity index (χ4n) is 2.84. The van der Waals surface area contributed by atoms with Crippen LogP contribution in [0.4, 0.5) is 5.00 Å². The Kier molecular flexibility index (Phi) is 7.37. The molecule has 5 nitrogen and oxygen atoms in total. The molecule has 0 aliphatic rings. The van der Waals surface area contributed by atoms with Crippen LogP contribution in [0.5, 0.6) is 5.75 Å². The minimum absolute atomic E-state index is 0.211. The van der Waals surface area contributed by atoms with Gasteiger partial charge in [-0.1, -0.05) is 35.3 Å². The number of carbonyl (C=O) groups is 2. The third-order valence-corrected chi connectivity index (χ3v) is 5.66. The highest BCUT2D eigenvalue weighted by atomic mass is 35.5. The average molecular weight is 464 g/mol. The molecule has 0 unspecified atom stereocenters. The van der Waals surface area contributed by atoms with Crippen LogP contribution < -0.4 is 10.1 Å². The van der Waals surface area contributed by atoms with E-state index < -0.39 is 5.97 Å². The lowest BCUT2D eigenvalue weighted by Crippen LogP contribution is -2.21. The predicted molar refractivity (Wildman–Crippen MR) is 121 cm³/mol. The molecule has 0 bridgehead atoms. The van der Waals surface area contributed by atoms with Crippen molar-refractivity contribution in [1.29, 1.82) is 0 Å². The van der Waals surface area contributed by atoms with Gasteiger partial charge in [-0.2, -0.15) is 0 Å². The summed E-state index contributed by atoms with van der Waals surface area (Å²) >= 11 is 13.1. The maximum Gasteiger partial charge on any atom is 0.341 e. The van der Waals surface area contributed by atoms with E-state index in [9.17, 15) is 9.59 Å². The zero-order valence-electron chi connectivity index (χ0n) is 16.3. The second-order valence-corrected chi connectivity index (χ2v) is 8.35. The molecular weight excluding hydrogens is 445 g/mol. The normalized spacial score (nSPS) is 10.5. The lowest BCUT2D eigenvalue weighted by molar-refractivity contribution is -0.118. The third-order valence-electron chi connectivity index (χ3n) is 4.13. The van der Waals surface area contributed by atoms with E-state index in [1.54, 1.807) is 43.3 Å². The molecule has 0 saturated carbocycles. The summed E-state index contributed by atoms with van der Waals surface area (Å²) in [7, 11) is 0. The number of anilines is 1. The molecule has 8 heteroatoms. The summed E-state index contributed by atoms with van der Waals surface area (Å²) in [6, 6.07) is 13.9. The van der Waals surface area contributed by atoms with Crippen molar-refractivity contribution in [2.24, 2.45) is 0 Å². The van der Waals surface area contributed by atoms with Crippen LogP contribution in [0.15, 0.2) is 48.5 Å². The fourth-order valence-corrected chi connectivity index (χ4v) is 4.17. The van der Waals surface area contributed by atoms with Crippen molar-refractivity contribution in [3.8, 4) is 16.9 Å². The number of amides is 1. The highest BCUT2D eigenvalue weighted by Gasteiger charge is 2.25. The van der Waals surface area contributed by atoms with E-state index in [0.717, 1.165) is 10.4 Å². The minimum Gasteiger partial charge on any atom is -0.484 e. The van der Waals surface area contributed by atoms with Gasteiger partial charge < -0.3 is 14.8 Å². The molecule has 0 atom stereocenters. The van der Waals surface area contributed by atoms with Crippen molar-refractivity contribution in [2.45, 2.75) is 13.8 Å². The summed E-state index contributed by atoms with van der Waals surface area (Å²) in [4.78, 5) is 26.0. The van der Waals surface area contributed by atoms with Gasteiger partial charge in [0, 0.05) is 20.5 Å². The van der Waals surface area contributed by atoms with Crippen LogP contribution in [0.25, 0.3) is 11.1 Å². The number of hydrogen-bond acceptors (Lipinski definition) is 5. The molecule has 1 heterocycles. The molecule has 156 valence electrons. The molecular formula is C22H19Cl2NO4S. The first-order chi connectivity index (χ1) is 14.4. The Balaban J connectivity index is 1.85. The first-order valence-electron chi connectivity index (χ1n) is 9.13. The van der Waals surface area contributed by atoms with E-state index in [1.165, 1.54) is 11.3 Å². The summed E-state index contributed by atoms with van der Waals surface area (Å²) in [5, 5.41) is 4.37. The molecule has 0 fully saturated rings. The van der Waals surface area contributed by atoms with Crippen molar-refractivity contribution >= 4 is 51.4 Å². The number of ether oxygens (including phenoxy) is 2. The molecule has 0 saturated heterocycles. The summed E-state index contributed by atoms with van der Waals surface area (Å²) < 4.78 is 10.7. The molecule has 3 aromatic rings. The number of nitrogens with one attached hydrogen (secondary N) is 1. The first-order valence-corrected chi connectivity index (χ1v) is 10.7. The predicted octanol–water partition coefficient (Wildman–Crippen LogP) is 6.22. The topological polar surface area (TPSA) is 64.6 Å². The smallest absolute Gasteiger partial charge is 0.341 e. The second kappa shape index (κ2) is 9.98. The first kappa shape index (κ1) is 22.2. The van der Waals surface area contributed by atoms with Crippen LogP contribution in [-0.4, -0.2) is 25.1 Å². The number of halogens is 2. The zero-order chi connectivity index (χ0) is 21.7. The SMILES string of the molecule is CCOC(=O)c1c(NC(=O)COc2ccc(Cl)cc2)sc(C)c1-c1ccc(Cl)cc1. The van der Waals surface area contributed by atoms with Gasteiger partial charge >= 0.3 is 5.97 Å². The van der Waals surface area contributed by atoms with Crippen molar-refractivity contribution in [3.63, 3.8) is 0 Å². The number of hydrogen-bond donors (Lipinski definition) is 1. The lowest BCUT2D eigenvalue weighted by atomic mass is 10.0. The van der Waals surface area contributed by atoms with Crippen molar-refractivity contribution < 1.29 is 19.1 Å². The van der Waals surface area contributed by atoms with Gasteiger partial charge in [-0.3, -0.25) is 4.79 Å². The van der Waals surface area contributed by atoms with E-state index >= 15 is 0 Å². The highest BCUT2D eigenvalue weighted by Crippen LogP contribution is 2.40. The number of esters is 1. The van der Waals surface area contributed by atoms with E-state index in [1.807, 2.05) is 19.1 Å². The van der Waals surface area contributed by atoms with Gasteiger partial charge in [0.2, 0.25) is 0 Å². The molecule has 0 aliphatic heterocycles. The molecule has 30 heavy (non-hydrogen) atoms. The number of thiophene rings is 1. The Morgan fingerprint density at radius 3 is 2.20 bits per heavy atom. The number of rotatable bonds is 7. The summed E-state index contributed by atoms with van der Waals surface area (Å²) in [5.74, 6) is -0.371. The van der Waals surface area contributed by atoms with Gasteiger partial charge in [-0.15, -0.1) is 11.3 Å². The number of carbonyl (C=O) groups excluding carboxylic acids is 2. The quantitative estimate of drug-likeness (QED) is 0.422. The van der Waals surface area contributed by atoms with Crippen molar-refractivity contribution in [2.75, 3.05) is 18.5 Å². The second-order valence-electron chi connectivity index (χ2n) is 6.26. The molecule has 1 N–H and O–H groups in total. The molecule has 0 aliphatic carbocycles. The van der Waals surface area contributed by atoms with Crippen LogP contribution in [0.3, 0.4) is 0 Å². The highest BCUT2D eigenvalue weighted by molar-refractivity contribution is 7.17. The minimum atomic E-state index is -0.499. The van der Waals surface area contributed by atoms with Crippen LogP contribution in [0.2, 0.25) is 10.0 Å². The van der Waals surface area contributed by atoms with Crippen molar-refractivity contribution in [1.82, 2.24) is 0 Å². The Morgan fingerprint density at radius 1 is 1.00 bits per heavy atom. The van der Waals surface area contributed by atoms with Crippen LogP contribution in [0, 0.1) is 6.92 Å². The van der Waals surface area contributed by atoms with Gasteiger partial charge in [-0.25, -0.2) is 4.79 Å². The average Bonchev–Trinajstić information content (AvgIpc) is 3.04. The summed E-state index contributed by atoms with van der Waals surface area (Å²) in [6.45, 7) is 3.63. The van der Waals surface area contributed by atoms with E-state index in [2.05, 4.69) is 5.32 Å². The van der Waals surface area contributed by atoms with E-state index in [4.69, 9.17) is 32.7 Å². The molecule has 1 aromatic heterocycles. The summed E-state index contributed by atoms with van der Waals surface area (Å²) in [6.07, 6.45) is 0. The Morgan fingerprint density at radius 2 is 1.60 bits per heavy atom. The largest absolute Gasteiger partial charge is 0.484 e. The molecule has 0 radical (unpaired) electrons. The lowest BCUT2D eigenvalue weighted by Gasteiger charge is -2.10. The van der Waals surface area contributed by atoms with Crippen LogP contribution in [0.1, 0.15) is 22.2 Å². The molecule has 0 spiro atoms. The van der Waals surface area contributed by atoms with E-state index in [-0.39, 0.29) is 19.1 Å². The Bertz CT molecular complexity index is 1050. The zero-order valence-corrected chi connectivity index (χ0v) is 18.7. The summed E-state index contributed by atoms with van der Waals surface area (Å²) in [5.41, 5.74) is 1.85. The Hall–Kier alpha value is -2.54. The molecule has 1 amide bonds. The van der Waals surface area contributed by atoms with E-state index in [0.29, 0.717) is 31.9 Å². The van der Waals surface area contributed by atoms with Crippen molar-refractivity contribution in [3.05, 3.63) is 69.0 Å². The number of aryl methyl sites for hydroxylation is 1. The van der Waals surface area contributed by atoms with Gasteiger partial charge in [-0.05, 0) is 55.8 Å². The number of benzene rings is 2. The standard InChI is InChI=1S/C22H19Cl2NO4S/c1-3-28-22(27)20-19(14-4-6-15(23)7-5-14)13(2)30-21(20)25-18(26)12-29-17-10-8-16(24)9-11-17/h4-11H,3,12H2,1-2H3,(H,25,26). The maximum absolute atomic E-state index is 12.7.